The van der Waals surface area contributed by atoms with Gasteiger partial charge < -0.3 is 15.8 Å². The van der Waals surface area contributed by atoms with E-state index >= 15 is 0 Å². The number of hydrogen-bond acceptors (Lipinski definition) is 4. The summed E-state index contributed by atoms with van der Waals surface area (Å²) in [4.78, 5) is 23.2. The Hall–Kier alpha value is -0.940. The molecule has 0 saturated carbocycles. The highest BCUT2D eigenvalue weighted by Crippen LogP contribution is 2.19. The van der Waals surface area contributed by atoms with Gasteiger partial charge in [-0.25, -0.2) is 0 Å². The molecule has 2 unspecified atom stereocenters. The molecule has 0 aromatic carbocycles. The van der Waals surface area contributed by atoms with Gasteiger partial charge in [0.25, 0.3) is 0 Å². The molecule has 2 heterocycles. The smallest absolute Gasteiger partial charge is 0.223 e. The molecule has 0 aromatic rings. The molecule has 2 fully saturated rings. The maximum absolute atomic E-state index is 11.9. The average molecular weight is 226 g/mol. The molecule has 1 amide bonds. The van der Waals surface area contributed by atoms with Crippen molar-refractivity contribution in [3.05, 3.63) is 0 Å². The van der Waals surface area contributed by atoms with Gasteiger partial charge in [0.15, 0.2) is 5.78 Å². The van der Waals surface area contributed by atoms with Crippen molar-refractivity contribution in [3.8, 4) is 0 Å². The maximum atomic E-state index is 11.9. The van der Waals surface area contributed by atoms with Crippen LogP contribution in [0.1, 0.15) is 25.7 Å². The van der Waals surface area contributed by atoms with E-state index in [0.717, 1.165) is 19.3 Å². The topological polar surface area (TPSA) is 81.4 Å². The molecule has 2 saturated heterocycles. The van der Waals surface area contributed by atoms with Gasteiger partial charge in [-0.05, 0) is 25.7 Å². The summed E-state index contributed by atoms with van der Waals surface area (Å²) < 4.78 is 5.30. The quantitative estimate of drug-likeness (QED) is 0.682. The lowest BCUT2D eigenvalue weighted by Gasteiger charge is -2.17. The van der Waals surface area contributed by atoms with Crippen LogP contribution in [0.15, 0.2) is 0 Å². The van der Waals surface area contributed by atoms with Gasteiger partial charge in [-0.15, -0.1) is 0 Å². The van der Waals surface area contributed by atoms with E-state index in [-0.39, 0.29) is 23.7 Å². The third-order valence-electron chi connectivity index (χ3n) is 3.31. The van der Waals surface area contributed by atoms with Crippen molar-refractivity contribution in [1.29, 1.82) is 0 Å². The second kappa shape index (κ2) is 4.93. The van der Waals surface area contributed by atoms with Gasteiger partial charge in [0, 0.05) is 19.1 Å². The van der Waals surface area contributed by atoms with E-state index < -0.39 is 6.04 Å². The van der Waals surface area contributed by atoms with E-state index in [4.69, 9.17) is 10.5 Å². The number of ketones is 1. The first-order valence-electron chi connectivity index (χ1n) is 5.87. The number of nitrogens with two attached hydrogens (primary N) is 1. The van der Waals surface area contributed by atoms with E-state index in [1.807, 2.05) is 0 Å². The molecule has 2 rings (SSSR count). The minimum atomic E-state index is -0.558. The molecular formula is C11H18N2O3. The minimum absolute atomic E-state index is 0.0237. The summed E-state index contributed by atoms with van der Waals surface area (Å²) >= 11 is 0. The van der Waals surface area contributed by atoms with Gasteiger partial charge >= 0.3 is 0 Å². The number of carbonyl (C=O) groups is 2. The van der Waals surface area contributed by atoms with Crippen LogP contribution in [0.3, 0.4) is 0 Å². The minimum Gasteiger partial charge on any atom is -0.370 e. The van der Waals surface area contributed by atoms with Crippen LogP contribution < -0.4 is 11.1 Å². The monoisotopic (exact) mass is 226 g/mol. The van der Waals surface area contributed by atoms with Crippen molar-refractivity contribution in [1.82, 2.24) is 5.32 Å². The summed E-state index contributed by atoms with van der Waals surface area (Å²) in [6.45, 7) is 1.34. The van der Waals surface area contributed by atoms with Crippen LogP contribution in [0, 0.1) is 5.92 Å². The van der Waals surface area contributed by atoms with Crippen LogP contribution in [0.5, 0.6) is 0 Å². The molecule has 90 valence electrons. The summed E-state index contributed by atoms with van der Waals surface area (Å²) in [6, 6.07) is -0.558. The number of carbonyl (C=O) groups excluding carboxylic acids is 2. The number of ether oxygens (including phenoxy) is 1. The highest BCUT2D eigenvalue weighted by Gasteiger charge is 2.32. The number of amides is 1. The molecule has 0 radical (unpaired) electrons. The van der Waals surface area contributed by atoms with Crippen LogP contribution in [-0.2, 0) is 14.3 Å². The van der Waals surface area contributed by atoms with Crippen molar-refractivity contribution in [2.24, 2.45) is 11.7 Å². The summed E-state index contributed by atoms with van der Waals surface area (Å²) in [6.07, 6.45) is 2.59. The van der Waals surface area contributed by atoms with E-state index in [1.54, 1.807) is 0 Å². The predicted molar refractivity (Wildman–Crippen MR) is 57.7 cm³/mol. The fourth-order valence-corrected chi connectivity index (χ4v) is 2.33. The first kappa shape index (κ1) is 11.5. The Labute approximate surface area is 94.7 Å². The molecule has 0 aliphatic carbocycles. The van der Waals surface area contributed by atoms with Gasteiger partial charge in [-0.1, -0.05) is 0 Å². The van der Waals surface area contributed by atoms with Gasteiger partial charge in [0.05, 0.1) is 6.04 Å². The van der Waals surface area contributed by atoms with E-state index in [9.17, 15) is 9.59 Å². The zero-order chi connectivity index (χ0) is 11.5. The van der Waals surface area contributed by atoms with Crippen molar-refractivity contribution >= 4 is 11.7 Å². The normalized spacial score (nSPS) is 31.4. The zero-order valence-electron chi connectivity index (χ0n) is 9.28. The molecule has 3 atom stereocenters. The molecule has 0 bridgehead atoms. The van der Waals surface area contributed by atoms with Crippen LogP contribution in [0.4, 0.5) is 0 Å². The molecule has 5 heteroatoms. The highest BCUT2D eigenvalue weighted by molar-refractivity contribution is 5.89. The summed E-state index contributed by atoms with van der Waals surface area (Å²) in [5, 5.41) is 2.75. The molecule has 2 aliphatic rings. The van der Waals surface area contributed by atoms with Crippen molar-refractivity contribution in [3.63, 3.8) is 0 Å². The van der Waals surface area contributed by atoms with Crippen LogP contribution in [0.2, 0.25) is 0 Å². The van der Waals surface area contributed by atoms with Crippen molar-refractivity contribution < 1.29 is 14.3 Å². The molecular weight excluding hydrogens is 208 g/mol. The molecule has 16 heavy (non-hydrogen) atoms. The third-order valence-corrected chi connectivity index (χ3v) is 3.31. The Bertz CT molecular complexity index is 287. The van der Waals surface area contributed by atoms with Crippen molar-refractivity contribution in [2.45, 2.75) is 37.8 Å². The second-order valence-electron chi connectivity index (χ2n) is 4.52. The molecule has 3 N–H and O–H groups in total. The first-order valence-corrected chi connectivity index (χ1v) is 5.87. The van der Waals surface area contributed by atoms with Gasteiger partial charge in [-0.3, -0.25) is 9.59 Å². The lowest BCUT2D eigenvalue weighted by Crippen LogP contribution is -2.40. The summed E-state index contributed by atoms with van der Waals surface area (Å²) in [5.41, 5.74) is 5.83. The molecule has 2 aliphatic heterocycles. The lowest BCUT2D eigenvalue weighted by molar-refractivity contribution is -0.130. The second-order valence-corrected chi connectivity index (χ2v) is 4.52. The van der Waals surface area contributed by atoms with Gasteiger partial charge in [0.2, 0.25) is 5.91 Å². The average Bonchev–Trinajstić information content (AvgIpc) is 2.89. The summed E-state index contributed by atoms with van der Waals surface area (Å²) in [5.74, 6) is -0.117. The van der Waals surface area contributed by atoms with Crippen LogP contribution in [-0.4, -0.2) is 37.0 Å². The van der Waals surface area contributed by atoms with Crippen LogP contribution >= 0.6 is 0 Å². The Morgan fingerprint density at radius 2 is 2.38 bits per heavy atom. The lowest BCUT2D eigenvalue weighted by atomic mass is 9.94. The molecule has 0 aromatic heterocycles. The first-order chi connectivity index (χ1) is 7.68. The molecule has 0 spiro atoms. The standard InChI is InChI=1S/C11H18N2O3/c12-8(6-7-3-4-13-11(7)15)10(14)9-2-1-5-16-9/h7-9H,1-6,12H2,(H,13,15)/t7-,8?,9?/m0/s1. The predicted octanol–water partition coefficient (Wildman–Crippen LogP) is -0.412. The van der Waals surface area contributed by atoms with Gasteiger partial charge in [0.1, 0.15) is 6.10 Å². The van der Waals surface area contributed by atoms with E-state index in [1.165, 1.54) is 0 Å². The Kier molecular flexibility index (Phi) is 3.56. The number of rotatable bonds is 4. The number of nitrogens with one attached hydrogen (secondary N) is 1. The fourth-order valence-electron chi connectivity index (χ4n) is 2.33. The highest BCUT2D eigenvalue weighted by atomic mass is 16.5. The third kappa shape index (κ3) is 2.41. The SMILES string of the molecule is NC(C[C@@H]1CCNC1=O)C(=O)C1CCCO1. The Morgan fingerprint density at radius 1 is 1.56 bits per heavy atom. The number of Topliss-reactive ketones (excluding diaryl/α,β-unsaturated/α-hetero) is 1. The van der Waals surface area contributed by atoms with Crippen molar-refractivity contribution in [2.75, 3.05) is 13.2 Å². The Balaban J connectivity index is 1.84. The van der Waals surface area contributed by atoms with Crippen LogP contribution in [0.25, 0.3) is 0 Å². The summed E-state index contributed by atoms with van der Waals surface area (Å²) in [7, 11) is 0. The Morgan fingerprint density at radius 3 is 2.94 bits per heavy atom. The van der Waals surface area contributed by atoms with Gasteiger partial charge in [-0.2, -0.15) is 0 Å². The number of hydrogen-bond donors (Lipinski definition) is 2. The van der Waals surface area contributed by atoms with E-state index in [0.29, 0.717) is 19.6 Å². The van der Waals surface area contributed by atoms with E-state index in [2.05, 4.69) is 5.32 Å². The molecule has 5 nitrogen and oxygen atoms in total. The fraction of sp³-hybridized carbons (Fsp3) is 0.818. The maximum Gasteiger partial charge on any atom is 0.223 e. The largest absolute Gasteiger partial charge is 0.370 e. The zero-order valence-corrected chi connectivity index (χ0v) is 9.28.